The summed E-state index contributed by atoms with van der Waals surface area (Å²) in [6, 6.07) is 6.31. The van der Waals surface area contributed by atoms with Gasteiger partial charge in [-0.15, -0.1) is 0 Å². The number of rotatable bonds is 8. The normalized spacial score (nSPS) is 17.6. The number of carboxylic acid groups (broad SMARTS) is 1. The summed E-state index contributed by atoms with van der Waals surface area (Å²) in [6.07, 6.45) is 2.78. The van der Waals surface area contributed by atoms with Gasteiger partial charge in [-0.1, -0.05) is 19.1 Å². The van der Waals surface area contributed by atoms with Crippen molar-refractivity contribution < 1.29 is 24.2 Å². The summed E-state index contributed by atoms with van der Waals surface area (Å²) in [7, 11) is 0. The quantitative estimate of drug-likeness (QED) is 0.738. The van der Waals surface area contributed by atoms with Crippen molar-refractivity contribution in [1.29, 1.82) is 0 Å². The number of carbonyl (C=O) groups is 3. The topological polar surface area (TPSA) is 95.9 Å². The van der Waals surface area contributed by atoms with E-state index in [4.69, 9.17) is 9.84 Å². The zero-order valence-electron chi connectivity index (χ0n) is 15.2. The van der Waals surface area contributed by atoms with Crippen LogP contribution in [0.5, 0.6) is 5.75 Å². The number of carboxylic acids is 1. The predicted molar refractivity (Wildman–Crippen MR) is 95.8 cm³/mol. The van der Waals surface area contributed by atoms with Crippen molar-refractivity contribution in [2.24, 2.45) is 0 Å². The fraction of sp³-hybridized carbons (Fsp3) is 0.526. The van der Waals surface area contributed by atoms with E-state index < -0.39 is 18.6 Å². The molecule has 7 nitrogen and oxygen atoms in total. The summed E-state index contributed by atoms with van der Waals surface area (Å²) in [5.74, 6) is -0.668. The Morgan fingerprint density at radius 2 is 2.00 bits per heavy atom. The number of ether oxygens (including phenoxy) is 1. The third-order valence-electron chi connectivity index (χ3n) is 4.44. The van der Waals surface area contributed by atoms with Crippen molar-refractivity contribution in [3.05, 3.63) is 29.8 Å². The van der Waals surface area contributed by atoms with Gasteiger partial charge in [0.1, 0.15) is 11.8 Å². The lowest BCUT2D eigenvalue weighted by molar-refractivity contribution is -0.139. The number of carbonyl (C=O) groups excluding carboxylic acids is 2. The smallest absolute Gasteiger partial charge is 0.341 e. The third kappa shape index (κ3) is 5.21. The molecule has 2 rings (SSSR count). The van der Waals surface area contributed by atoms with Crippen molar-refractivity contribution in [3.8, 4) is 5.75 Å². The molecule has 1 heterocycles. The Bertz CT molecular complexity index is 644. The second-order valence-electron chi connectivity index (χ2n) is 6.48. The first-order chi connectivity index (χ1) is 12.4. The average molecular weight is 362 g/mol. The first-order valence-electron chi connectivity index (χ1n) is 8.96. The molecular formula is C19H26N2O5. The Hall–Kier alpha value is -2.57. The van der Waals surface area contributed by atoms with E-state index in [9.17, 15) is 14.4 Å². The summed E-state index contributed by atoms with van der Waals surface area (Å²) in [5.41, 5.74) is 0.880. The fourth-order valence-electron chi connectivity index (χ4n) is 3.09. The SMILES string of the molecule is CCCC(=O)N1CCCC1C(=O)NC(C)c1ccc(OCC(=O)O)cc1. The van der Waals surface area contributed by atoms with E-state index in [2.05, 4.69) is 5.32 Å². The number of likely N-dealkylation sites (tertiary alicyclic amines) is 1. The minimum atomic E-state index is -1.03. The maximum Gasteiger partial charge on any atom is 0.341 e. The van der Waals surface area contributed by atoms with Crippen LogP contribution >= 0.6 is 0 Å². The number of nitrogens with zero attached hydrogens (tertiary/aromatic N) is 1. The third-order valence-corrected chi connectivity index (χ3v) is 4.44. The number of hydrogen-bond acceptors (Lipinski definition) is 4. The molecule has 142 valence electrons. The number of benzene rings is 1. The van der Waals surface area contributed by atoms with E-state index in [1.54, 1.807) is 29.2 Å². The predicted octanol–water partition coefficient (Wildman–Crippen LogP) is 2.12. The maximum absolute atomic E-state index is 12.6. The van der Waals surface area contributed by atoms with Gasteiger partial charge in [-0.05, 0) is 43.9 Å². The molecule has 0 spiro atoms. The molecule has 2 N–H and O–H groups in total. The van der Waals surface area contributed by atoms with Crippen LogP contribution in [0.25, 0.3) is 0 Å². The summed E-state index contributed by atoms with van der Waals surface area (Å²) in [5, 5.41) is 11.6. The van der Waals surface area contributed by atoms with Crippen molar-refractivity contribution in [2.75, 3.05) is 13.2 Å². The van der Waals surface area contributed by atoms with Gasteiger partial charge in [-0.25, -0.2) is 4.79 Å². The Labute approximate surface area is 153 Å². The Morgan fingerprint density at radius 3 is 2.62 bits per heavy atom. The van der Waals surface area contributed by atoms with Crippen LogP contribution in [0.3, 0.4) is 0 Å². The van der Waals surface area contributed by atoms with Crippen LogP contribution in [0.2, 0.25) is 0 Å². The zero-order valence-corrected chi connectivity index (χ0v) is 15.2. The van der Waals surface area contributed by atoms with Crippen molar-refractivity contribution >= 4 is 17.8 Å². The average Bonchev–Trinajstić information content (AvgIpc) is 3.10. The molecule has 2 unspecified atom stereocenters. The molecule has 0 aliphatic carbocycles. The highest BCUT2D eigenvalue weighted by Gasteiger charge is 2.33. The van der Waals surface area contributed by atoms with Crippen LogP contribution in [-0.2, 0) is 14.4 Å². The summed E-state index contributed by atoms with van der Waals surface area (Å²) in [6.45, 7) is 4.07. The molecule has 1 saturated heterocycles. The van der Waals surface area contributed by atoms with Gasteiger partial charge in [-0.3, -0.25) is 9.59 Å². The summed E-state index contributed by atoms with van der Waals surface area (Å²) in [4.78, 5) is 36.9. The molecule has 1 fully saturated rings. The van der Waals surface area contributed by atoms with Crippen LogP contribution in [0, 0.1) is 0 Å². The van der Waals surface area contributed by atoms with E-state index in [1.165, 1.54) is 0 Å². The van der Waals surface area contributed by atoms with Crippen molar-refractivity contribution in [3.63, 3.8) is 0 Å². The first-order valence-corrected chi connectivity index (χ1v) is 8.96. The van der Waals surface area contributed by atoms with Crippen LogP contribution in [0.4, 0.5) is 0 Å². The van der Waals surface area contributed by atoms with Crippen LogP contribution in [0.15, 0.2) is 24.3 Å². The van der Waals surface area contributed by atoms with Gasteiger partial charge < -0.3 is 20.1 Å². The minimum absolute atomic E-state index is 0.0396. The van der Waals surface area contributed by atoms with Gasteiger partial charge in [0.25, 0.3) is 0 Å². The standard InChI is InChI=1S/C19H26N2O5/c1-3-5-17(22)21-11-4-6-16(21)19(25)20-13(2)14-7-9-15(10-8-14)26-12-18(23)24/h7-10,13,16H,3-6,11-12H2,1-2H3,(H,20,25)(H,23,24). The highest BCUT2D eigenvalue weighted by molar-refractivity contribution is 5.88. The molecule has 0 bridgehead atoms. The van der Waals surface area contributed by atoms with Crippen LogP contribution in [-0.4, -0.2) is 47.0 Å². The second-order valence-corrected chi connectivity index (χ2v) is 6.48. The molecular weight excluding hydrogens is 336 g/mol. The maximum atomic E-state index is 12.6. The highest BCUT2D eigenvalue weighted by atomic mass is 16.5. The molecule has 0 aromatic heterocycles. The van der Waals surface area contributed by atoms with Gasteiger partial charge in [-0.2, -0.15) is 0 Å². The largest absolute Gasteiger partial charge is 0.482 e. The molecule has 7 heteroatoms. The fourth-order valence-corrected chi connectivity index (χ4v) is 3.09. The Balaban J connectivity index is 1.93. The monoisotopic (exact) mass is 362 g/mol. The molecule has 1 aromatic carbocycles. The molecule has 0 radical (unpaired) electrons. The number of aliphatic carboxylic acids is 1. The molecule has 1 aromatic rings. The minimum Gasteiger partial charge on any atom is -0.482 e. The van der Waals surface area contributed by atoms with Gasteiger partial charge in [0, 0.05) is 13.0 Å². The van der Waals surface area contributed by atoms with Gasteiger partial charge in [0.05, 0.1) is 6.04 Å². The zero-order chi connectivity index (χ0) is 19.1. The lowest BCUT2D eigenvalue weighted by atomic mass is 10.1. The Morgan fingerprint density at radius 1 is 1.31 bits per heavy atom. The highest BCUT2D eigenvalue weighted by Crippen LogP contribution is 2.22. The van der Waals surface area contributed by atoms with E-state index in [1.807, 2.05) is 13.8 Å². The summed E-state index contributed by atoms with van der Waals surface area (Å²) >= 11 is 0. The molecule has 26 heavy (non-hydrogen) atoms. The van der Waals surface area contributed by atoms with Crippen LogP contribution < -0.4 is 10.1 Å². The van der Waals surface area contributed by atoms with E-state index in [-0.39, 0.29) is 17.9 Å². The van der Waals surface area contributed by atoms with Gasteiger partial charge >= 0.3 is 5.97 Å². The molecule has 2 amide bonds. The number of nitrogens with one attached hydrogen (secondary N) is 1. The van der Waals surface area contributed by atoms with E-state index in [0.29, 0.717) is 25.1 Å². The second kappa shape index (κ2) is 9.22. The Kier molecular flexibility index (Phi) is 7.00. The molecule has 1 aliphatic heterocycles. The molecule has 2 atom stereocenters. The molecule has 1 aliphatic rings. The molecule has 0 saturated carbocycles. The van der Waals surface area contributed by atoms with Crippen molar-refractivity contribution in [2.45, 2.75) is 51.6 Å². The van der Waals surface area contributed by atoms with E-state index in [0.717, 1.165) is 18.4 Å². The van der Waals surface area contributed by atoms with Gasteiger partial charge in [0.15, 0.2) is 6.61 Å². The van der Waals surface area contributed by atoms with Crippen LogP contribution in [0.1, 0.15) is 51.1 Å². The summed E-state index contributed by atoms with van der Waals surface area (Å²) < 4.78 is 5.10. The van der Waals surface area contributed by atoms with E-state index >= 15 is 0 Å². The van der Waals surface area contributed by atoms with Crippen molar-refractivity contribution in [1.82, 2.24) is 10.2 Å². The number of amides is 2. The first kappa shape index (κ1) is 19.8. The van der Waals surface area contributed by atoms with Gasteiger partial charge in [0.2, 0.25) is 11.8 Å². The number of hydrogen-bond donors (Lipinski definition) is 2. The lowest BCUT2D eigenvalue weighted by Gasteiger charge is -2.25. The lowest BCUT2D eigenvalue weighted by Crippen LogP contribution is -2.46.